The highest BCUT2D eigenvalue weighted by atomic mass is 16.2. The Morgan fingerprint density at radius 1 is 1.19 bits per heavy atom. The molecule has 1 aliphatic heterocycles. The SMILES string of the molecule is CCCC[C@@H](CC)C(=O)N1CCN(C)CC1. The van der Waals surface area contributed by atoms with Crippen LogP contribution in [0, 0.1) is 5.92 Å². The van der Waals surface area contributed by atoms with Crippen LogP contribution in [-0.2, 0) is 4.79 Å². The third-order valence-corrected chi connectivity index (χ3v) is 3.56. The minimum atomic E-state index is 0.267. The van der Waals surface area contributed by atoms with Crippen molar-refractivity contribution < 1.29 is 4.79 Å². The highest BCUT2D eigenvalue weighted by Gasteiger charge is 2.24. The van der Waals surface area contributed by atoms with Gasteiger partial charge in [-0.15, -0.1) is 0 Å². The van der Waals surface area contributed by atoms with Gasteiger partial charge in [0.05, 0.1) is 0 Å². The van der Waals surface area contributed by atoms with Crippen molar-refractivity contribution in [1.82, 2.24) is 9.80 Å². The molecule has 3 heteroatoms. The molecule has 0 aromatic heterocycles. The molecule has 3 nitrogen and oxygen atoms in total. The predicted octanol–water partition coefficient (Wildman–Crippen LogP) is 1.98. The first-order valence-corrected chi connectivity index (χ1v) is 6.66. The second-order valence-electron chi connectivity index (χ2n) is 4.88. The van der Waals surface area contributed by atoms with E-state index in [1.54, 1.807) is 0 Å². The number of rotatable bonds is 5. The average Bonchev–Trinajstić information content (AvgIpc) is 2.30. The lowest BCUT2D eigenvalue weighted by atomic mass is 9.97. The van der Waals surface area contributed by atoms with Gasteiger partial charge in [-0.3, -0.25) is 4.79 Å². The maximum atomic E-state index is 12.2. The van der Waals surface area contributed by atoms with Crippen LogP contribution in [0.2, 0.25) is 0 Å². The number of carbonyl (C=O) groups is 1. The minimum absolute atomic E-state index is 0.267. The third-order valence-electron chi connectivity index (χ3n) is 3.56. The molecule has 0 saturated carbocycles. The number of carbonyl (C=O) groups excluding carboxylic acids is 1. The van der Waals surface area contributed by atoms with E-state index >= 15 is 0 Å². The number of amides is 1. The molecule has 1 amide bonds. The highest BCUT2D eigenvalue weighted by Crippen LogP contribution is 2.16. The van der Waals surface area contributed by atoms with E-state index in [2.05, 4.69) is 30.7 Å². The molecule has 0 N–H and O–H groups in total. The van der Waals surface area contributed by atoms with Crippen molar-refractivity contribution in [1.29, 1.82) is 0 Å². The summed E-state index contributed by atoms with van der Waals surface area (Å²) in [5, 5.41) is 0. The number of likely N-dealkylation sites (N-methyl/N-ethyl adjacent to an activating group) is 1. The summed E-state index contributed by atoms with van der Waals surface area (Å²) in [6.07, 6.45) is 4.42. The molecule has 0 aliphatic carbocycles. The summed E-state index contributed by atoms with van der Waals surface area (Å²) in [4.78, 5) is 16.6. The third kappa shape index (κ3) is 3.78. The Kier molecular flexibility index (Phi) is 5.81. The van der Waals surface area contributed by atoms with Crippen LogP contribution in [0.1, 0.15) is 39.5 Å². The van der Waals surface area contributed by atoms with E-state index in [1.165, 1.54) is 12.8 Å². The van der Waals surface area contributed by atoms with Gasteiger partial charge in [0.15, 0.2) is 0 Å². The van der Waals surface area contributed by atoms with Crippen LogP contribution in [-0.4, -0.2) is 48.9 Å². The van der Waals surface area contributed by atoms with E-state index in [0.717, 1.165) is 39.0 Å². The molecule has 1 rings (SSSR count). The van der Waals surface area contributed by atoms with Gasteiger partial charge in [-0.25, -0.2) is 0 Å². The minimum Gasteiger partial charge on any atom is -0.340 e. The molecule has 94 valence electrons. The van der Waals surface area contributed by atoms with Crippen molar-refractivity contribution in [2.45, 2.75) is 39.5 Å². The molecule has 1 aliphatic rings. The molecule has 1 saturated heterocycles. The van der Waals surface area contributed by atoms with E-state index in [1.807, 2.05) is 0 Å². The summed E-state index contributed by atoms with van der Waals surface area (Å²) in [5.41, 5.74) is 0. The first-order valence-electron chi connectivity index (χ1n) is 6.66. The average molecular weight is 226 g/mol. The number of nitrogens with zero attached hydrogens (tertiary/aromatic N) is 2. The van der Waals surface area contributed by atoms with E-state index in [-0.39, 0.29) is 5.92 Å². The maximum Gasteiger partial charge on any atom is 0.225 e. The summed E-state index contributed by atoms with van der Waals surface area (Å²) in [6.45, 7) is 8.20. The summed E-state index contributed by atoms with van der Waals surface area (Å²) in [5.74, 6) is 0.660. The molecule has 1 heterocycles. The summed E-state index contributed by atoms with van der Waals surface area (Å²) < 4.78 is 0. The normalized spacial score (nSPS) is 19.8. The van der Waals surface area contributed by atoms with Crippen LogP contribution in [0.15, 0.2) is 0 Å². The summed E-state index contributed by atoms with van der Waals surface area (Å²) >= 11 is 0. The lowest BCUT2D eigenvalue weighted by Crippen LogP contribution is -2.49. The molecule has 0 aromatic rings. The number of hydrogen-bond acceptors (Lipinski definition) is 2. The van der Waals surface area contributed by atoms with Gasteiger partial charge >= 0.3 is 0 Å². The fourth-order valence-electron chi connectivity index (χ4n) is 2.24. The lowest BCUT2D eigenvalue weighted by molar-refractivity contribution is -0.137. The first-order chi connectivity index (χ1) is 7.69. The smallest absolute Gasteiger partial charge is 0.225 e. The molecule has 0 unspecified atom stereocenters. The molecular weight excluding hydrogens is 200 g/mol. The van der Waals surface area contributed by atoms with E-state index in [4.69, 9.17) is 0 Å². The zero-order chi connectivity index (χ0) is 12.0. The Balaban J connectivity index is 2.41. The Bertz CT molecular complexity index is 203. The summed E-state index contributed by atoms with van der Waals surface area (Å²) in [6, 6.07) is 0. The number of unbranched alkanes of at least 4 members (excludes halogenated alkanes) is 1. The fraction of sp³-hybridized carbons (Fsp3) is 0.923. The largest absolute Gasteiger partial charge is 0.340 e. The monoisotopic (exact) mass is 226 g/mol. The van der Waals surface area contributed by atoms with E-state index in [9.17, 15) is 4.79 Å². The molecule has 16 heavy (non-hydrogen) atoms. The van der Waals surface area contributed by atoms with Crippen molar-refractivity contribution in [3.63, 3.8) is 0 Å². The molecule has 0 bridgehead atoms. The Morgan fingerprint density at radius 3 is 2.31 bits per heavy atom. The highest BCUT2D eigenvalue weighted by molar-refractivity contribution is 5.78. The lowest BCUT2D eigenvalue weighted by Gasteiger charge is -2.34. The maximum absolute atomic E-state index is 12.2. The van der Waals surface area contributed by atoms with Crippen molar-refractivity contribution in [2.24, 2.45) is 5.92 Å². The van der Waals surface area contributed by atoms with Crippen LogP contribution in [0.25, 0.3) is 0 Å². The van der Waals surface area contributed by atoms with Gasteiger partial charge in [0.1, 0.15) is 0 Å². The first kappa shape index (κ1) is 13.5. The van der Waals surface area contributed by atoms with Gasteiger partial charge in [0.2, 0.25) is 5.91 Å². The number of piperazine rings is 1. The molecule has 0 spiro atoms. The second kappa shape index (κ2) is 6.89. The predicted molar refractivity (Wildman–Crippen MR) is 67.4 cm³/mol. The second-order valence-corrected chi connectivity index (χ2v) is 4.88. The quantitative estimate of drug-likeness (QED) is 0.715. The fourth-order valence-corrected chi connectivity index (χ4v) is 2.24. The van der Waals surface area contributed by atoms with Crippen LogP contribution in [0.3, 0.4) is 0 Å². The molecule has 0 radical (unpaired) electrons. The van der Waals surface area contributed by atoms with Crippen molar-refractivity contribution in [3.8, 4) is 0 Å². The Hall–Kier alpha value is -0.570. The molecular formula is C13H26N2O. The molecule has 0 aromatic carbocycles. The van der Waals surface area contributed by atoms with Crippen LogP contribution >= 0.6 is 0 Å². The van der Waals surface area contributed by atoms with Crippen LogP contribution < -0.4 is 0 Å². The van der Waals surface area contributed by atoms with Gasteiger partial charge in [-0.05, 0) is 19.9 Å². The van der Waals surface area contributed by atoms with Gasteiger partial charge in [0.25, 0.3) is 0 Å². The van der Waals surface area contributed by atoms with Crippen molar-refractivity contribution in [3.05, 3.63) is 0 Å². The van der Waals surface area contributed by atoms with Crippen molar-refractivity contribution >= 4 is 5.91 Å². The van der Waals surface area contributed by atoms with Crippen molar-refractivity contribution in [2.75, 3.05) is 33.2 Å². The van der Waals surface area contributed by atoms with E-state index < -0.39 is 0 Å². The van der Waals surface area contributed by atoms with E-state index in [0.29, 0.717) is 5.91 Å². The zero-order valence-corrected chi connectivity index (χ0v) is 11.0. The van der Waals surface area contributed by atoms with Crippen LogP contribution in [0.5, 0.6) is 0 Å². The summed E-state index contributed by atoms with van der Waals surface area (Å²) in [7, 11) is 2.12. The number of hydrogen-bond donors (Lipinski definition) is 0. The molecule has 1 atom stereocenters. The topological polar surface area (TPSA) is 23.6 Å². The van der Waals surface area contributed by atoms with Gasteiger partial charge in [-0.2, -0.15) is 0 Å². The van der Waals surface area contributed by atoms with Crippen LogP contribution in [0.4, 0.5) is 0 Å². The zero-order valence-electron chi connectivity index (χ0n) is 11.0. The van der Waals surface area contributed by atoms with Gasteiger partial charge in [-0.1, -0.05) is 26.7 Å². The molecule has 1 fully saturated rings. The Morgan fingerprint density at radius 2 is 1.81 bits per heavy atom. The van der Waals surface area contributed by atoms with Gasteiger partial charge in [0, 0.05) is 32.1 Å². The standard InChI is InChI=1S/C13H26N2O/c1-4-6-7-12(5-2)13(16)15-10-8-14(3)9-11-15/h12H,4-11H2,1-3H3/t12-/m1/s1. The Labute approximate surface area is 99.8 Å². The van der Waals surface area contributed by atoms with Gasteiger partial charge < -0.3 is 9.80 Å².